The van der Waals surface area contributed by atoms with Crippen molar-refractivity contribution in [2.45, 2.75) is 18.1 Å². The predicted octanol–water partition coefficient (Wildman–Crippen LogP) is 1.59. The summed E-state index contributed by atoms with van der Waals surface area (Å²) >= 11 is 0. The largest absolute Gasteiger partial charge is 0.490 e. The molecular weight excluding hydrogens is 284 g/mol. The van der Waals surface area contributed by atoms with Gasteiger partial charge in [0, 0.05) is 24.4 Å². The van der Waals surface area contributed by atoms with E-state index in [0.29, 0.717) is 25.1 Å². The van der Waals surface area contributed by atoms with Crippen LogP contribution in [0.25, 0.3) is 0 Å². The predicted molar refractivity (Wildman–Crippen MR) is 74.9 cm³/mol. The number of nitrogens with one attached hydrogen (secondary N) is 1. The highest BCUT2D eigenvalue weighted by molar-refractivity contribution is 7.92. The molecule has 110 valence electrons. The van der Waals surface area contributed by atoms with Crippen LogP contribution in [-0.4, -0.2) is 38.0 Å². The molecule has 0 bridgehead atoms. The van der Waals surface area contributed by atoms with E-state index in [-0.39, 0.29) is 22.4 Å². The third-order valence-corrected chi connectivity index (χ3v) is 5.65. The summed E-state index contributed by atoms with van der Waals surface area (Å²) in [4.78, 5) is 10.2. The van der Waals surface area contributed by atoms with E-state index in [1.54, 1.807) is 6.07 Å². The molecule has 1 aromatic rings. The number of nitro groups is 1. The first-order chi connectivity index (χ1) is 9.44. The summed E-state index contributed by atoms with van der Waals surface area (Å²) in [5.74, 6) is 0.386. The molecule has 7 nitrogen and oxygen atoms in total. The summed E-state index contributed by atoms with van der Waals surface area (Å²) in [6.07, 6.45) is 1.34. The number of sulfone groups is 1. The molecule has 2 rings (SSSR count). The molecule has 0 amide bonds. The molecule has 1 aliphatic heterocycles. The molecule has 0 radical (unpaired) electrons. The first-order valence-corrected chi connectivity index (χ1v) is 7.93. The zero-order chi connectivity index (χ0) is 14.8. The van der Waals surface area contributed by atoms with Crippen molar-refractivity contribution >= 4 is 21.2 Å². The summed E-state index contributed by atoms with van der Waals surface area (Å²) in [6.45, 7) is 0.309. The lowest BCUT2D eigenvalue weighted by Gasteiger charge is -2.12. The zero-order valence-electron chi connectivity index (χ0n) is 11.0. The zero-order valence-corrected chi connectivity index (χ0v) is 11.9. The number of benzene rings is 1. The van der Waals surface area contributed by atoms with E-state index in [1.807, 2.05) is 0 Å². The van der Waals surface area contributed by atoms with E-state index in [0.717, 1.165) is 0 Å². The molecule has 1 aromatic carbocycles. The molecule has 1 fully saturated rings. The van der Waals surface area contributed by atoms with Gasteiger partial charge in [-0.05, 0) is 18.9 Å². The lowest BCUT2D eigenvalue weighted by Crippen LogP contribution is -2.25. The first kappa shape index (κ1) is 14.6. The van der Waals surface area contributed by atoms with Gasteiger partial charge in [-0.2, -0.15) is 0 Å². The third kappa shape index (κ3) is 3.01. The average Bonchev–Trinajstić information content (AvgIpc) is 2.74. The minimum atomic E-state index is -3.00. The summed E-state index contributed by atoms with van der Waals surface area (Å²) in [7, 11) is -1.64. The second-order valence-corrected chi connectivity index (χ2v) is 7.06. The second kappa shape index (κ2) is 5.66. The van der Waals surface area contributed by atoms with Gasteiger partial charge in [-0.1, -0.05) is 0 Å². The lowest BCUT2D eigenvalue weighted by molar-refractivity contribution is -0.385. The number of ether oxygens (including phenoxy) is 1. The minimum Gasteiger partial charge on any atom is -0.490 e. The number of anilines is 1. The van der Waals surface area contributed by atoms with Gasteiger partial charge in [0.2, 0.25) is 0 Å². The van der Waals surface area contributed by atoms with E-state index in [9.17, 15) is 18.5 Å². The normalized spacial score (nSPS) is 20.6. The number of nitro benzene ring substituents is 1. The molecule has 0 aliphatic carbocycles. The SMILES string of the molecule is COc1cc(NCC2CCCS2(=O)=O)ccc1[N+](=O)[O-]. The first-order valence-electron chi connectivity index (χ1n) is 6.22. The molecule has 1 atom stereocenters. The number of hydrogen-bond donors (Lipinski definition) is 1. The highest BCUT2D eigenvalue weighted by Gasteiger charge is 2.30. The fourth-order valence-corrected chi connectivity index (χ4v) is 4.02. The average molecular weight is 300 g/mol. The van der Waals surface area contributed by atoms with Gasteiger partial charge in [0.15, 0.2) is 15.6 Å². The molecule has 1 saturated heterocycles. The summed E-state index contributed by atoms with van der Waals surface area (Å²) in [5, 5.41) is 13.4. The fourth-order valence-electron chi connectivity index (χ4n) is 2.26. The van der Waals surface area contributed by atoms with Crippen LogP contribution in [0, 0.1) is 10.1 Å². The van der Waals surface area contributed by atoms with E-state index < -0.39 is 14.8 Å². The highest BCUT2D eigenvalue weighted by Crippen LogP contribution is 2.30. The number of nitrogens with zero attached hydrogens (tertiary/aromatic N) is 1. The Morgan fingerprint density at radius 1 is 1.50 bits per heavy atom. The van der Waals surface area contributed by atoms with Crippen LogP contribution in [0.1, 0.15) is 12.8 Å². The molecule has 1 unspecified atom stereocenters. The van der Waals surface area contributed by atoms with Gasteiger partial charge in [0.25, 0.3) is 0 Å². The van der Waals surface area contributed by atoms with Gasteiger partial charge in [0.05, 0.1) is 23.0 Å². The molecule has 1 heterocycles. The van der Waals surface area contributed by atoms with Crippen molar-refractivity contribution in [3.05, 3.63) is 28.3 Å². The van der Waals surface area contributed by atoms with Crippen molar-refractivity contribution in [1.29, 1.82) is 0 Å². The number of methoxy groups -OCH3 is 1. The van der Waals surface area contributed by atoms with Crippen molar-refractivity contribution in [2.75, 3.05) is 24.7 Å². The van der Waals surface area contributed by atoms with Crippen LogP contribution in [0.3, 0.4) is 0 Å². The monoisotopic (exact) mass is 300 g/mol. The van der Waals surface area contributed by atoms with Crippen molar-refractivity contribution in [2.24, 2.45) is 0 Å². The van der Waals surface area contributed by atoms with Crippen molar-refractivity contribution in [3.63, 3.8) is 0 Å². The van der Waals surface area contributed by atoms with E-state index in [1.165, 1.54) is 19.2 Å². The number of hydrogen-bond acceptors (Lipinski definition) is 6. The molecule has 1 aliphatic rings. The van der Waals surface area contributed by atoms with Crippen molar-refractivity contribution in [1.82, 2.24) is 0 Å². The molecule has 0 saturated carbocycles. The maximum Gasteiger partial charge on any atom is 0.311 e. The quantitative estimate of drug-likeness (QED) is 0.655. The van der Waals surface area contributed by atoms with Gasteiger partial charge in [-0.25, -0.2) is 8.42 Å². The summed E-state index contributed by atoms with van der Waals surface area (Å²) in [5.41, 5.74) is 0.487. The number of rotatable bonds is 5. The lowest BCUT2D eigenvalue weighted by atomic mass is 10.2. The Kier molecular flexibility index (Phi) is 4.12. The Labute approximate surface area is 117 Å². The third-order valence-electron chi connectivity index (χ3n) is 3.37. The molecule has 1 N–H and O–H groups in total. The van der Waals surface area contributed by atoms with Crippen LogP contribution in [0.4, 0.5) is 11.4 Å². The Balaban J connectivity index is 2.09. The van der Waals surface area contributed by atoms with Crippen LogP contribution in [0.2, 0.25) is 0 Å². The Hall–Kier alpha value is -1.83. The maximum atomic E-state index is 11.7. The van der Waals surface area contributed by atoms with Gasteiger partial charge >= 0.3 is 5.69 Å². The molecule has 8 heteroatoms. The van der Waals surface area contributed by atoms with Crippen LogP contribution in [0.15, 0.2) is 18.2 Å². The van der Waals surface area contributed by atoms with Crippen LogP contribution < -0.4 is 10.1 Å². The van der Waals surface area contributed by atoms with E-state index in [4.69, 9.17) is 4.74 Å². The molecule has 0 spiro atoms. The van der Waals surface area contributed by atoms with E-state index >= 15 is 0 Å². The van der Waals surface area contributed by atoms with E-state index in [2.05, 4.69) is 5.32 Å². The summed E-state index contributed by atoms with van der Waals surface area (Å²) < 4.78 is 28.4. The van der Waals surface area contributed by atoms with Crippen LogP contribution >= 0.6 is 0 Å². The fraction of sp³-hybridized carbons (Fsp3) is 0.500. The Morgan fingerprint density at radius 3 is 2.80 bits per heavy atom. The smallest absolute Gasteiger partial charge is 0.311 e. The van der Waals surface area contributed by atoms with Gasteiger partial charge < -0.3 is 10.1 Å². The maximum absolute atomic E-state index is 11.7. The van der Waals surface area contributed by atoms with Gasteiger partial charge in [0.1, 0.15) is 0 Å². The summed E-state index contributed by atoms with van der Waals surface area (Å²) in [6, 6.07) is 4.38. The molecule has 20 heavy (non-hydrogen) atoms. The molecule has 0 aromatic heterocycles. The molecular formula is C12H16N2O5S. The second-order valence-electron chi connectivity index (χ2n) is 4.66. The van der Waals surface area contributed by atoms with Gasteiger partial charge in [-0.15, -0.1) is 0 Å². The highest BCUT2D eigenvalue weighted by atomic mass is 32.2. The van der Waals surface area contributed by atoms with Crippen molar-refractivity contribution < 1.29 is 18.1 Å². The standard InChI is InChI=1S/C12H16N2O5S/c1-19-12-7-9(4-5-11(12)14(15)16)13-8-10-3-2-6-20(10,17)18/h4-5,7,10,13H,2-3,6,8H2,1H3. The van der Waals surface area contributed by atoms with Crippen molar-refractivity contribution in [3.8, 4) is 5.75 Å². The Bertz CT molecular complexity index is 614. The topological polar surface area (TPSA) is 98.5 Å². The minimum absolute atomic E-state index is 0.119. The van der Waals surface area contributed by atoms with Crippen LogP contribution in [-0.2, 0) is 9.84 Å². The van der Waals surface area contributed by atoms with Gasteiger partial charge in [-0.3, -0.25) is 10.1 Å². The van der Waals surface area contributed by atoms with Crippen LogP contribution in [0.5, 0.6) is 5.75 Å². The Morgan fingerprint density at radius 2 is 2.25 bits per heavy atom.